The number of carboxylic acids is 1. The molecule has 2 atom stereocenters. The first-order chi connectivity index (χ1) is 11.0. The Balaban J connectivity index is 1.91. The van der Waals surface area contributed by atoms with Crippen molar-refractivity contribution in [1.29, 1.82) is 0 Å². The van der Waals surface area contributed by atoms with Crippen molar-refractivity contribution in [3.63, 3.8) is 0 Å². The van der Waals surface area contributed by atoms with Crippen molar-refractivity contribution in [1.82, 2.24) is 4.90 Å². The summed E-state index contributed by atoms with van der Waals surface area (Å²) < 4.78 is 0. The van der Waals surface area contributed by atoms with Crippen LogP contribution in [0.25, 0.3) is 0 Å². The van der Waals surface area contributed by atoms with Gasteiger partial charge in [0.2, 0.25) is 5.91 Å². The van der Waals surface area contributed by atoms with Crippen molar-refractivity contribution >= 4 is 23.5 Å². The zero-order chi connectivity index (χ0) is 16.8. The van der Waals surface area contributed by atoms with Crippen molar-refractivity contribution < 1.29 is 14.7 Å². The standard InChI is InChI=1S/C18H24ClNO3/c1-13(11-15-6-2-3-7-16(15)19)18(23)20-10-4-5-14(12-20)8-9-17(21)22/h2-3,6-7,13-14H,4-5,8-12H2,1H3,(H,21,22). The molecule has 1 aromatic carbocycles. The Bertz CT molecular complexity index is 561. The van der Waals surface area contributed by atoms with Gasteiger partial charge >= 0.3 is 5.97 Å². The van der Waals surface area contributed by atoms with E-state index in [0.717, 1.165) is 24.9 Å². The second-order valence-electron chi connectivity index (χ2n) is 6.42. The number of rotatable bonds is 6. The number of carbonyl (C=O) groups excluding carboxylic acids is 1. The molecule has 1 amide bonds. The summed E-state index contributed by atoms with van der Waals surface area (Å²) in [5, 5.41) is 9.50. The molecule has 1 N–H and O–H groups in total. The highest BCUT2D eigenvalue weighted by Crippen LogP contribution is 2.24. The Hall–Kier alpha value is -1.55. The molecular formula is C18H24ClNO3. The zero-order valence-electron chi connectivity index (χ0n) is 13.5. The lowest BCUT2D eigenvalue weighted by atomic mass is 9.91. The first-order valence-electron chi connectivity index (χ1n) is 8.21. The maximum atomic E-state index is 12.7. The number of aliphatic carboxylic acids is 1. The fourth-order valence-corrected chi connectivity index (χ4v) is 3.43. The van der Waals surface area contributed by atoms with Gasteiger partial charge < -0.3 is 10.0 Å². The zero-order valence-corrected chi connectivity index (χ0v) is 14.3. The first-order valence-corrected chi connectivity index (χ1v) is 8.59. The Morgan fingerprint density at radius 1 is 1.39 bits per heavy atom. The minimum Gasteiger partial charge on any atom is -0.481 e. The van der Waals surface area contributed by atoms with Crippen LogP contribution in [0.1, 0.15) is 38.2 Å². The summed E-state index contributed by atoms with van der Waals surface area (Å²) in [6.45, 7) is 3.39. The Morgan fingerprint density at radius 3 is 2.83 bits per heavy atom. The fourth-order valence-electron chi connectivity index (χ4n) is 3.22. The molecular weight excluding hydrogens is 314 g/mol. The predicted molar refractivity (Wildman–Crippen MR) is 90.5 cm³/mol. The lowest BCUT2D eigenvalue weighted by molar-refractivity contribution is -0.137. The van der Waals surface area contributed by atoms with E-state index in [4.69, 9.17) is 16.7 Å². The second kappa shape index (κ2) is 8.34. The lowest BCUT2D eigenvalue weighted by Crippen LogP contribution is -2.43. The number of halogens is 1. The van der Waals surface area contributed by atoms with Crippen molar-refractivity contribution in [3.05, 3.63) is 34.9 Å². The molecule has 0 aromatic heterocycles. The van der Waals surface area contributed by atoms with E-state index in [1.165, 1.54) is 0 Å². The SMILES string of the molecule is CC(Cc1ccccc1Cl)C(=O)N1CCCC(CCC(=O)O)C1. The van der Waals surface area contributed by atoms with Crippen LogP contribution in [0.3, 0.4) is 0 Å². The topological polar surface area (TPSA) is 57.6 Å². The highest BCUT2D eigenvalue weighted by atomic mass is 35.5. The molecule has 23 heavy (non-hydrogen) atoms. The molecule has 4 nitrogen and oxygen atoms in total. The van der Waals surface area contributed by atoms with E-state index < -0.39 is 5.97 Å². The van der Waals surface area contributed by atoms with Crippen LogP contribution in [0.5, 0.6) is 0 Å². The van der Waals surface area contributed by atoms with Crippen molar-refractivity contribution in [2.45, 2.75) is 39.0 Å². The molecule has 1 fully saturated rings. The monoisotopic (exact) mass is 337 g/mol. The van der Waals surface area contributed by atoms with Crippen LogP contribution in [-0.4, -0.2) is 35.0 Å². The number of piperidine rings is 1. The molecule has 0 bridgehead atoms. The van der Waals surface area contributed by atoms with Gasteiger partial charge in [-0.25, -0.2) is 0 Å². The molecule has 1 aliphatic rings. The molecule has 0 spiro atoms. The normalized spacial score (nSPS) is 19.4. The van der Waals surface area contributed by atoms with Gasteiger partial charge in [0.25, 0.3) is 0 Å². The maximum absolute atomic E-state index is 12.7. The largest absolute Gasteiger partial charge is 0.481 e. The van der Waals surface area contributed by atoms with Crippen molar-refractivity contribution in [2.24, 2.45) is 11.8 Å². The van der Waals surface area contributed by atoms with Gasteiger partial charge in [-0.05, 0) is 43.2 Å². The van der Waals surface area contributed by atoms with Gasteiger partial charge in [0.05, 0.1) is 0 Å². The number of hydrogen-bond donors (Lipinski definition) is 1. The minimum absolute atomic E-state index is 0.117. The van der Waals surface area contributed by atoms with Crippen LogP contribution in [-0.2, 0) is 16.0 Å². The van der Waals surface area contributed by atoms with Gasteiger partial charge in [0, 0.05) is 30.5 Å². The summed E-state index contributed by atoms with van der Waals surface area (Å²) in [6, 6.07) is 7.62. The number of carbonyl (C=O) groups is 2. The lowest BCUT2D eigenvalue weighted by Gasteiger charge is -2.34. The number of hydrogen-bond acceptors (Lipinski definition) is 2. The maximum Gasteiger partial charge on any atom is 0.303 e. The van der Waals surface area contributed by atoms with Gasteiger partial charge in [-0.15, -0.1) is 0 Å². The van der Waals surface area contributed by atoms with E-state index in [9.17, 15) is 9.59 Å². The van der Waals surface area contributed by atoms with Crippen molar-refractivity contribution in [3.8, 4) is 0 Å². The first kappa shape index (κ1) is 17.8. The van der Waals surface area contributed by atoms with E-state index in [2.05, 4.69) is 0 Å². The number of benzene rings is 1. The molecule has 1 saturated heterocycles. The van der Waals surface area contributed by atoms with Gasteiger partial charge in [0.1, 0.15) is 0 Å². The van der Waals surface area contributed by atoms with E-state index in [-0.39, 0.29) is 18.2 Å². The van der Waals surface area contributed by atoms with Crippen molar-refractivity contribution in [2.75, 3.05) is 13.1 Å². The Morgan fingerprint density at radius 2 is 2.13 bits per heavy atom. The van der Waals surface area contributed by atoms with E-state index in [0.29, 0.717) is 30.3 Å². The summed E-state index contributed by atoms with van der Waals surface area (Å²) >= 11 is 6.17. The number of amides is 1. The van der Waals surface area contributed by atoms with Crippen LogP contribution in [0.15, 0.2) is 24.3 Å². The quantitative estimate of drug-likeness (QED) is 0.862. The van der Waals surface area contributed by atoms with Crippen LogP contribution in [0.2, 0.25) is 5.02 Å². The summed E-state index contributed by atoms with van der Waals surface area (Å²) in [7, 11) is 0. The third kappa shape index (κ3) is 5.24. The Labute approximate surface area is 142 Å². The molecule has 2 unspecified atom stereocenters. The second-order valence-corrected chi connectivity index (χ2v) is 6.83. The molecule has 0 radical (unpaired) electrons. The minimum atomic E-state index is -0.763. The van der Waals surface area contributed by atoms with Gasteiger partial charge in [-0.1, -0.05) is 36.7 Å². The fraction of sp³-hybridized carbons (Fsp3) is 0.556. The molecule has 1 aliphatic heterocycles. The number of likely N-dealkylation sites (tertiary alicyclic amines) is 1. The molecule has 5 heteroatoms. The molecule has 1 aromatic rings. The third-order valence-electron chi connectivity index (χ3n) is 4.50. The van der Waals surface area contributed by atoms with Gasteiger partial charge in [-0.2, -0.15) is 0 Å². The molecule has 1 heterocycles. The smallest absolute Gasteiger partial charge is 0.303 e. The van der Waals surface area contributed by atoms with Gasteiger partial charge in [-0.3, -0.25) is 9.59 Å². The molecule has 0 aliphatic carbocycles. The average Bonchev–Trinajstić information content (AvgIpc) is 2.54. The average molecular weight is 338 g/mol. The number of nitrogens with zero attached hydrogens (tertiary/aromatic N) is 1. The summed E-state index contributed by atoms with van der Waals surface area (Å²) in [5.74, 6) is -0.435. The van der Waals surface area contributed by atoms with Crippen LogP contribution in [0, 0.1) is 11.8 Å². The highest BCUT2D eigenvalue weighted by Gasteiger charge is 2.27. The van der Waals surface area contributed by atoms with Crippen LogP contribution >= 0.6 is 11.6 Å². The van der Waals surface area contributed by atoms with E-state index >= 15 is 0 Å². The highest BCUT2D eigenvalue weighted by molar-refractivity contribution is 6.31. The molecule has 0 saturated carbocycles. The van der Waals surface area contributed by atoms with Crippen LogP contribution in [0.4, 0.5) is 0 Å². The van der Waals surface area contributed by atoms with Crippen LogP contribution < -0.4 is 0 Å². The summed E-state index contributed by atoms with van der Waals surface area (Å²) in [5.41, 5.74) is 0.995. The van der Waals surface area contributed by atoms with Gasteiger partial charge in [0.15, 0.2) is 0 Å². The summed E-state index contributed by atoms with van der Waals surface area (Å²) in [6.07, 6.45) is 3.43. The van der Waals surface area contributed by atoms with E-state index in [1.54, 1.807) is 0 Å². The molecule has 126 valence electrons. The third-order valence-corrected chi connectivity index (χ3v) is 4.87. The number of carboxylic acid groups (broad SMARTS) is 1. The summed E-state index contributed by atoms with van der Waals surface area (Å²) in [4.78, 5) is 25.3. The van der Waals surface area contributed by atoms with E-state index in [1.807, 2.05) is 36.1 Å². The Kier molecular flexibility index (Phi) is 6.46. The predicted octanol–water partition coefficient (Wildman–Crippen LogP) is 3.62. The molecule has 2 rings (SSSR count).